The van der Waals surface area contributed by atoms with Crippen LogP contribution in [0.25, 0.3) is 0 Å². The molecule has 0 saturated carbocycles. The molecule has 5 heteroatoms. The van der Waals surface area contributed by atoms with Crippen LogP contribution >= 0.6 is 0 Å². The monoisotopic (exact) mass is 339 g/mol. The topological polar surface area (TPSA) is 54.5 Å². The van der Waals surface area contributed by atoms with Gasteiger partial charge in [0.05, 0.1) is 12.6 Å². The third kappa shape index (κ3) is 5.11. The lowest BCUT2D eigenvalue weighted by Gasteiger charge is -2.26. The summed E-state index contributed by atoms with van der Waals surface area (Å²) < 4.78 is 0. The molecular weight excluding hydrogens is 314 g/mol. The number of carbonyl (C=O) groups is 1. The van der Waals surface area contributed by atoms with Crippen molar-refractivity contribution in [2.75, 3.05) is 19.7 Å². The number of benzene rings is 1. The maximum Gasteiger partial charge on any atom is 0.222 e. The van der Waals surface area contributed by atoms with Crippen LogP contribution in [-0.4, -0.2) is 35.7 Å². The molecule has 1 aromatic carbocycles. The third-order valence-corrected chi connectivity index (χ3v) is 4.42. The van der Waals surface area contributed by atoms with E-state index in [1.165, 1.54) is 5.56 Å². The van der Waals surface area contributed by atoms with Gasteiger partial charge in [-0.05, 0) is 43.0 Å². The molecule has 2 aromatic rings. The van der Waals surface area contributed by atoms with Gasteiger partial charge in [-0.3, -0.25) is 14.6 Å². The summed E-state index contributed by atoms with van der Waals surface area (Å²) in [4.78, 5) is 22.1. The zero-order valence-corrected chi connectivity index (χ0v) is 14.6. The number of carbonyl (C=O) groups excluding carboxylic acids is 1. The Bertz CT molecular complexity index is 667. The van der Waals surface area contributed by atoms with Crippen LogP contribution in [0, 0.1) is 6.92 Å². The van der Waals surface area contributed by atoms with Gasteiger partial charge < -0.3 is 5.32 Å². The summed E-state index contributed by atoms with van der Waals surface area (Å²) in [7, 11) is 0. The van der Waals surface area contributed by atoms with Crippen LogP contribution < -0.4 is 5.32 Å². The van der Waals surface area contributed by atoms with E-state index in [1.807, 2.05) is 17.2 Å². The number of nitrogens with one attached hydrogen (secondary N) is 1. The van der Waals surface area contributed by atoms with Gasteiger partial charge in [0.2, 0.25) is 5.91 Å². The van der Waals surface area contributed by atoms with Crippen LogP contribution in [0.3, 0.4) is 0 Å². The van der Waals surface area contributed by atoms with Crippen molar-refractivity contribution < 1.29 is 9.63 Å². The number of amides is 1. The van der Waals surface area contributed by atoms with Gasteiger partial charge in [0.25, 0.3) is 0 Å². The molecule has 0 bridgehead atoms. The smallest absolute Gasteiger partial charge is 0.222 e. The molecule has 132 valence electrons. The number of hydrogen-bond donors (Lipinski definition) is 1. The molecule has 0 aliphatic carbocycles. The van der Waals surface area contributed by atoms with Crippen molar-refractivity contribution in [1.29, 1.82) is 0 Å². The summed E-state index contributed by atoms with van der Waals surface area (Å²) in [5, 5.41) is 5.06. The van der Waals surface area contributed by atoms with Crippen LogP contribution in [0.1, 0.15) is 42.0 Å². The second kappa shape index (κ2) is 8.74. The van der Waals surface area contributed by atoms with E-state index in [0.29, 0.717) is 13.0 Å². The van der Waals surface area contributed by atoms with E-state index < -0.39 is 0 Å². The Morgan fingerprint density at radius 1 is 1.16 bits per heavy atom. The molecule has 1 unspecified atom stereocenters. The van der Waals surface area contributed by atoms with Crippen LogP contribution in [0.15, 0.2) is 48.8 Å². The summed E-state index contributed by atoms with van der Waals surface area (Å²) in [6.45, 7) is 4.34. The normalized spacial score (nSPS) is 16.4. The van der Waals surface area contributed by atoms with Crippen molar-refractivity contribution in [3.63, 3.8) is 0 Å². The highest BCUT2D eigenvalue weighted by molar-refractivity contribution is 5.77. The molecule has 1 aliphatic heterocycles. The molecule has 2 heterocycles. The predicted octanol–water partition coefficient (Wildman–Crippen LogP) is 3.01. The minimum Gasteiger partial charge on any atom is -0.345 e. The average Bonchev–Trinajstić information content (AvgIpc) is 2.67. The second-order valence-corrected chi connectivity index (χ2v) is 6.41. The quantitative estimate of drug-likeness (QED) is 0.879. The molecular formula is C20H25N3O2. The molecule has 0 radical (unpaired) electrons. The first kappa shape index (κ1) is 17.6. The Morgan fingerprint density at radius 3 is 2.56 bits per heavy atom. The first-order chi connectivity index (χ1) is 12.2. The van der Waals surface area contributed by atoms with Crippen molar-refractivity contribution in [3.05, 3.63) is 65.5 Å². The summed E-state index contributed by atoms with van der Waals surface area (Å²) in [5.41, 5.74) is 3.30. The van der Waals surface area contributed by atoms with E-state index in [1.54, 1.807) is 12.4 Å². The molecule has 1 aliphatic rings. The summed E-state index contributed by atoms with van der Waals surface area (Å²) in [5.74, 6) is 0.0246. The Kier molecular flexibility index (Phi) is 6.14. The summed E-state index contributed by atoms with van der Waals surface area (Å²) in [6, 6.07) is 12.0. The van der Waals surface area contributed by atoms with Crippen molar-refractivity contribution in [3.8, 4) is 0 Å². The molecule has 5 nitrogen and oxygen atoms in total. The fourth-order valence-corrected chi connectivity index (χ4v) is 2.96. The molecule has 1 saturated heterocycles. The Morgan fingerprint density at radius 2 is 1.88 bits per heavy atom. The fourth-order valence-electron chi connectivity index (χ4n) is 2.96. The first-order valence-electron chi connectivity index (χ1n) is 8.86. The lowest BCUT2D eigenvalue weighted by atomic mass is 9.98. The number of rotatable bonds is 6. The number of hydroxylamine groups is 2. The minimum absolute atomic E-state index is 0.0246. The molecule has 1 aromatic heterocycles. The summed E-state index contributed by atoms with van der Waals surface area (Å²) >= 11 is 0. The SMILES string of the molecule is Cc1ccc(C(NC(=O)CCN2CCCCO2)c2ccncc2)cc1. The molecule has 0 spiro atoms. The van der Waals surface area contributed by atoms with Gasteiger partial charge in [-0.1, -0.05) is 29.8 Å². The third-order valence-electron chi connectivity index (χ3n) is 4.42. The maximum atomic E-state index is 12.5. The molecule has 1 N–H and O–H groups in total. The van der Waals surface area contributed by atoms with E-state index in [9.17, 15) is 4.79 Å². The zero-order valence-electron chi connectivity index (χ0n) is 14.6. The van der Waals surface area contributed by atoms with Gasteiger partial charge in [0.1, 0.15) is 0 Å². The number of aromatic nitrogens is 1. The van der Waals surface area contributed by atoms with Gasteiger partial charge in [0.15, 0.2) is 0 Å². The average molecular weight is 339 g/mol. The molecule has 1 atom stereocenters. The van der Waals surface area contributed by atoms with Crippen molar-refractivity contribution >= 4 is 5.91 Å². The van der Waals surface area contributed by atoms with E-state index in [2.05, 4.69) is 41.5 Å². The molecule has 1 amide bonds. The maximum absolute atomic E-state index is 12.5. The number of aryl methyl sites for hydroxylation is 1. The second-order valence-electron chi connectivity index (χ2n) is 6.41. The lowest BCUT2D eigenvalue weighted by Crippen LogP contribution is -2.35. The molecule has 1 fully saturated rings. The Hall–Kier alpha value is -2.24. The van der Waals surface area contributed by atoms with Crippen molar-refractivity contribution in [1.82, 2.24) is 15.4 Å². The minimum atomic E-state index is -0.168. The Labute approximate surface area is 149 Å². The van der Waals surface area contributed by atoms with Crippen LogP contribution in [0.2, 0.25) is 0 Å². The van der Waals surface area contributed by atoms with E-state index >= 15 is 0 Å². The van der Waals surface area contributed by atoms with Crippen LogP contribution in [0.5, 0.6) is 0 Å². The van der Waals surface area contributed by atoms with E-state index in [4.69, 9.17) is 4.84 Å². The molecule has 25 heavy (non-hydrogen) atoms. The molecule has 3 rings (SSSR count). The van der Waals surface area contributed by atoms with Gasteiger partial charge in [0, 0.05) is 31.9 Å². The van der Waals surface area contributed by atoms with Gasteiger partial charge in [-0.25, -0.2) is 0 Å². The van der Waals surface area contributed by atoms with Gasteiger partial charge in [-0.2, -0.15) is 5.06 Å². The largest absolute Gasteiger partial charge is 0.345 e. The van der Waals surface area contributed by atoms with Gasteiger partial charge in [-0.15, -0.1) is 0 Å². The lowest BCUT2D eigenvalue weighted by molar-refractivity contribution is -0.181. The van der Waals surface area contributed by atoms with Crippen molar-refractivity contribution in [2.45, 2.75) is 32.2 Å². The van der Waals surface area contributed by atoms with Crippen LogP contribution in [-0.2, 0) is 9.63 Å². The highest BCUT2D eigenvalue weighted by Crippen LogP contribution is 2.22. The number of hydrogen-bond acceptors (Lipinski definition) is 4. The van der Waals surface area contributed by atoms with Gasteiger partial charge >= 0.3 is 0 Å². The predicted molar refractivity (Wildman–Crippen MR) is 96.8 cm³/mol. The highest BCUT2D eigenvalue weighted by atomic mass is 16.7. The van der Waals surface area contributed by atoms with Crippen molar-refractivity contribution in [2.24, 2.45) is 0 Å². The number of nitrogens with zero attached hydrogens (tertiary/aromatic N) is 2. The first-order valence-corrected chi connectivity index (χ1v) is 8.86. The highest BCUT2D eigenvalue weighted by Gasteiger charge is 2.18. The van der Waals surface area contributed by atoms with E-state index in [-0.39, 0.29) is 11.9 Å². The van der Waals surface area contributed by atoms with E-state index in [0.717, 1.165) is 37.1 Å². The summed E-state index contributed by atoms with van der Waals surface area (Å²) in [6.07, 6.45) is 6.16. The fraction of sp³-hybridized carbons (Fsp3) is 0.400. The standard InChI is InChI=1S/C20H25N3O2/c1-16-4-6-17(7-5-16)20(18-8-11-21-12-9-18)22-19(24)10-14-23-13-2-3-15-25-23/h4-9,11-12,20H,2-3,10,13-15H2,1H3,(H,22,24). The van der Waals surface area contributed by atoms with Crippen LogP contribution in [0.4, 0.5) is 0 Å². The zero-order chi connectivity index (χ0) is 17.5. The Balaban J connectivity index is 1.66. The number of pyridine rings is 1.